The van der Waals surface area contributed by atoms with E-state index >= 15 is 0 Å². The quantitative estimate of drug-likeness (QED) is 0.855. The molecule has 2 N–H and O–H groups in total. The lowest BCUT2D eigenvalue weighted by Crippen LogP contribution is -2.37. The molecule has 2 fully saturated rings. The summed E-state index contributed by atoms with van der Waals surface area (Å²) in [5, 5.41) is 13.2. The van der Waals surface area contributed by atoms with Gasteiger partial charge in [-0.15, -0.1) is 0 Å². The second-order valence-electron chi connectivity index (χ2n) is 5.47. The van der Waals surface area contributed by atoms with Gasteiger partial charge in [0.05, 0.1) is 19.3 Å². The molecule has 3 rings (SSSR count). The van der Waals surface area contributed by atoms with Crippen LogP contribution < -0.4 is 10.2 Å². The van der Waals surface area contributed by atoms with Crippen molar-refractivity contribution < 1.29 is 9.84 Å². The van der Waals surface area contributed by atoms with E-state index < -0.39 is 0 Å². The molecular weight excluding hydrogens is 294 g/mol. The first kappa shape index (κ1) is 14.7. The number of halogens is 1. The zero-order valence-corrected chi connectivity index (χ0v) is 12.6. The Morgan fingerprint density at radius 3 is 2.76 bits per heavy atom. The Kier molecular flexibility index (Phi) is 4.72. The van der Waals surface area contributed by atoms with Crippen LogP contribution in [-0.4, -0.2) is 59.0 Å². The third-order valence-corrected chi connectivity index (χ3v) is 4.20. The van der Waals surface area contributed by atoms with Gasteiger partial charge in [-0.05, 0) is 24.4 Å². The Balaban J connectivity index is 1.65. The number of aromatic nitrogens is 3. The molecule has 8 heteroatoms. The Morgan fingerprint density at radius 1 is 1.24 bits per heavy atom. The maximum absolute atomic E-state index is 9.84. The number of nitrogens with zero attached hydrogens (tertiary/aromatic N) is 4. The van der Waals surface area contributed by atoms with Crippen molar-refractivity contribution in [3.63, 3.8) is 0 Å². The summed E-state index contributed by atoms with van der Waals surface area (Å²) < 4.78 is 5.32. The lowest BCUT2D eigenvalue weighted by Gasteiger charge is -2.26. The first-order valence-electron chi connectivity index (χ1n) is 7.38. The third-order valence-electron chi connectivity index (χ3n) is 4.03. The number of ether oxygens (including phenoxy) is 1. The molecule has 0 amide bonds. The van der Waals surface area contributed by atoms with E-state index in [1.165, 1.54) is 0 Å². The van der Waals surface area contributed by atoms with Crippen molar-refractivity contribution in [2.75, 3.05) is 43.1 Å². The van der Waals surface area contributed by atoms with E-state index in [-0.39, 0.29) is 17.3 Å². The van der Waals surface area contributed by atoms with Crippen LogP contribution in [0.5, 0.6) is 0 Å². The summed E-state index contributed by atoms with van der Waals surface area (Å²) in [6.45, 7) is 3.49. The number of aliphatic hydroxyl groups excluding tert-OH is 1. The number of nitrogens with one attached hydrogen (secondary N) is 1. The largest absolute Gasteiger partial charge is 0.393 e. The summed E-state index contributed by atoms with van der Waals surface area (Å²) in [5.41, 5.74) is 0. The highest BCUT2D eigenvalue weighted by atomic mass is 35.5. The van der Waals surface area contributed by atoms with E-state index in [1.54, 1.807) is 0 Å². The van der Waals surface area contributed by atoms with Gasteiger partial charge in [-0.2, -0.15) is 15.0 Å². The van der Waals surface area contributed by atoms with Gasteiger partial charge in [0.1, 0.15) is 0 Å². The van der Waals surface area contributed by atoms with Crippen molar-refractivity contribution in [1.29, 1.82) is 0 Å². The Bertz CT molecular complexity index is 484. The molecule has 2 unspecified atom stereocenters. The van der Waals surface area contributed by atoms with Crippen LogP contribution in [0, 0.1) is 5.92 Å². The second kappa shape index (κ2) is 6.72. The zero-order chi connectivity index (χ0) is 14.7. The molecule has 2 atom stereocenters. The fraction of sp³-hybridized carbons (Fsp3) is 0.769. The average Bonchev–Trinajstić information content (AvgIpc) is 2.91. The molecular formula is C13H20ClN5O2. The van der Waals surface area contributed by atoms with Gasteiger partial charge in [0.15, 0.2) is 0 Å². The first-order valence-corrected chi connectivity index (χ1v) is 7.76. The number of morpholine rings is 1. The van der Waals surface area contributed by atoms with Crippen LogP contribution in [0.4, 0.5) is 11.9 Å². The number of hydrogen-bond acceptors (Lipinski definition) is 7. The summed E-state index contributed by atoms with van der Waals surface area (Å²) in [7, 11) is 0. The molecule has 1 aromatic heterocycles. The van der Waals surface area contributed by atoms with Crippen molar-refractivity contribution in [3.05, 3.63) is 5.28 Å². The Hall–Kier alpha value is -1.18. The molecule has 0 spiro atoms. The lowest BCUT2D eigenvalue weighted by molar-refractivity contribution is 0.122. The van der Waals surface area contributed by atoms with Crippen molar-refractivity contribution in [2.45, 2.75) is 25.4 Å². The minimum atomic E-state index is -0.228. The number of aliphatic hydroxyl groups is 1. The molecule has 7 nitrogen and oxygen atoms in total. The minimum Gasteiger partial charge on any atom is -0.393 e. The monoisotopic (exact) mass is 313 g/mol. The molecule has 1 saturated carbocycles. The van der Waals surface area contributed by atoms with Crippen LogP contribution in [-0.2, 0) is 4.74 Å². The standard InChI is InChI=1S/C13H20ClN5O2/c14-11-16-12(15-8-9-2-1-3-10(9)20)18-13(17-11)19-4-6-21-7-5-19/h9-10,20H,1-8H2,(H,15,16,17,18). The van der Waals surface area contributed by atoms with E-state index in [2.05, 4.69) is 20.3 Å². The van der Waals surface area contributed by atoms with Gasteiger partial charge in [0.25, 0.3) is 0 Å². The van der Waals surface area contributed by atoms with E-state index in [4.69, 9.17) is 16.3 Å². The summed E-state index contributed by atoms with van der Waals surface area (Å²) in [6.07, 6.45) is 2.76. The topological polar surface area (TPSA) is 83.4 Å². The van der Waals surface area contributed by atoms with Crippen molar-refractivity contribution in [3.8, 4) is 0 Å². The van der Waals surface area contributed by atoms with Crippen LogP contribution in [0.2, 0.25) is 5.28 Å². The minimum absolute atomic E-state index is 0.181. The van der Waals surface area contributed by atoms with Gasteiger partial charge >= 0.3 is 0 Å². The molecule has 21 heavy (non-hydrogen) atoms. The molecule has 2 heterocycles. The summed E-state index contributed by atoms with van der Waals surface area (Å²) in [4.78, 5) is 14.7. The molecule has 1 aromatic rings. The fourth-order valence-electron chi connectivity index (χ4n) is 2.80. The van der Waals surface area contributed by atoms with Gasteiger partial charge in [-0.25, -0.2) is 0 Å². The predicted octanol–water partition coefficient (Wildman–Crippen LogP) is 0.934. The van der Waals surface area contributed by atoms with Crippen LogP contribution in [0.25, 0.3) is 0 Å². The van der Waals surface area contributed by atoms with Gasteiger partial charge in [-0.1, -0.05) is 6.42 Å². The van der Waals surface area contributed by atoms with Crippen LogP contribution >= 0.6 is 11.6 Å². The summed E-state index contributed by atoms with van der Waals surface area (Å²) >= 11 is 5.98. The SMILES string of the molecule is OC1CCCC1CNc1nc(Cl)nc(N2CCOCC2)n1. The smallest absolute Gasteiger partial charge is 0.231 e. The Morgan fingerprint density at radius 2 is 2.05 bits per heavy atom. The summed E-state index contributed by atoms with van der Waals surface area (Å²) in [6, 6.07) is 0. The fourth-order valence-corrected chi connectivity index (χ4v) is 2.96. The third kappa shape index (κ3) is 3.72. The average molecular weight is 314 g/mol. The molecule has 0 bridgehead atoms. The molecule has 116 valence electrons. The number of hydrogen-bond donors (Lipinski definition) is 2. The second-order valence-corrected chi connectivity index (χ2v) is 5.80. The van der Waals surface area contributed by atoms with Crippen molar-refractivity contribution in [2.24, 2.45) is 5.92 Å². The Labute approximate surface area is 128 Å². The lowest BCUT2D eigenvalue weighted by atomic mass is 10.1. The molecule has 1 saturated heterocycles. The van der Waals surface area contributed by atoms with Crippen molar-refractivity contribution >= 4 is 23.5 Å². The van der Waals surface area contributed by atoms with Gasteiger partial charge in [0, 0.05) is 25.6 Å². The first-order chi connectivity index (χ1) is 10.2. The normalized spacial score (nSPS) is 26.1. The maximum Gasteiger partial charge on any atom is 0.231 e. The van der Waals surface area contributed by atoms with Crippen LogP contribution in [0.15, 0.2) is 0 Å². The van der Waals surface area contributed by atoms with Crippen molar-refractivity contribution in [1.82, 2.24) is 15.0 Å². The molecule has 1 aliphatic heterocycles. The zero-order valence-electron chi connectivity index (χ0n) is 11.8. The molecule has 1 aliphatic carbocycles. The number of anilines is 2. The van der Waals surface area contributed by atoms with Gasteiger partial charge < -0.3 is 20.1 Å². The number of rotatable bonds is 4. The highest BCUT2D eigenvalue weighted by Crippen LogP contribution is 2.25. The maximum atomic E-state index is 9.84. The molecule has 0 radical (unpaired) electrons. The highest BCUT2D eigenvalue weighted by Gasteiger charge is 2.25. The van der Waals surface area contributed by atoms with E-state index in [0.29, 0.717) is 31.7 Å². The van der Waals surface area contributed by atoms with Gasteiger partial charge in [-0.3, -0.25) is 0 Å². The highest BCUT2D eigenvalue weighted by molar-refractivity contribution is 6.28. The predicted molar refractivity (Wildman–Crippen MR) is 79.7 cm³/mol. The van der Waals surface area contributed by atoms with Crippen LogP contribution in [0.3, 0.4) is 0 Å². The molecule has 2 aliphatic rings. The summed E-state index contributed by atoms with van der Waals surface area (Å²) in [5.74, 6) is 1.30. The van der Waals surface area contributed by atoms with E-state index in [1.807, 2.05) is 4.90 Å². The van der Waals surface area contributed by atoms with Crippen LogP contribution in [0.1, 0.15) is 19.3 Å². The van der Waals surface area contributed by atoms with Gasteiger partial charge in [0.2, 0.25) is 17.2 Å². The van der Waals surface area contributed by atoms with E-state index in [9.17, 15) is 5.11 Å². The van der Waals surface area contributed by atoms with E-state index in [0.717, 1.165) is 32.4 Å². The molecule has 0 aromatic carbocycles.